The van der Waals surface area contributed by atoms with Gasteiger partial charge in [0.25, 0.3) is 11.6 Å². The Morgan fingerprint density at radius 2 is 2.03 bits per heavy atom. The Balaban J connectivity index is 2.01. The first-order valence-corrected chi connectivity index (χ1v) is 10.4. The Morgan fingerprint density at radius 1 is 1.26 bits per heavy atom. The number of esters is 1. The number of aromatic nitrogens is 1. The number of ether oxygens (including phenoxy) is 1. The molecule has 0 bridgehead atoms. The Labute approximate surface area is 182 Å². The summed E-state index contributed by atoms with van der Waals surface area (Å²) in [5.41, 5.74) is 3.32. The van der Waals surface area contributed by atoms with E-state index in [1.54, 1.807) is 23.6 Å². The van der Waals surface area contributed by atoms with Crippen LogP contribution in [0.2, 0.25) is 0 Å². The van der Waals surface area contributed by atoms with Crippen LogP contribution in [0.1, 0.15) is 23.6 Å². The normalized spacial score (nSPS) is 11.9. The third-order valence-corrected chi connectivity index (χ3v) is 5.64. The molecule has 1 heterocycles. The zero-order valence-electron chi connectivity index (χ0n) is 17.3. The van der Waals surface area contributed by atoms with E-state index in [0.29, 0.717) is 10.4 Å². The molecule has 9 heteroatoms. The van der Waals surface area contributed by atoms with Crippen molar-refractivity contribution in [2.75, 3.05) is 6.61 Å². The quantitative estimate of drug-likeness (QED) is 0.250. The summed E-state index contributed by atoms with van der Waals surface area (Å²) in [6.07, 6.45) is 2.72. The Bertz CT molecular complexity index is 1270. The number of hydrogen-bond donors (Lipinski definition) is 0. The fraction of sp³-hybridized carbons (Fsp3) is 0.227. The summed E-state index contributed by atoms with van der Waals surface area (Å²) in [6, 6.07) is 9.93. The number of benzene rings is 2. The first-order valence-electron chi connectivity index (χ1n) is 9.56. The summed E-state index contributed by atoms with van der Waals surface area (Å²) < 4.78 is 7.68. The zero-order valence-corrected chi connectivity index (χ0v) is 18.1. The molecular weight excluding hydrogens is 418 g/mol. The van der Waals surface area contributed by atoms with E-state index in [-0.39, 0.29) is 18.8 Å². The number of nitro groups is 1. The highest BCUT2D eigenvalue weighted by atomic mass is 32.1. The number of carbonyl (C=O) groups is 2. The minimum absolute atomic E-state index is 0.0581. The number of nitrogens with zero attached hydrogens (tertiary/aromatic N) is 3. The molecule has 0 N–H and O–H groups in total. The lowest BCUT2D eigenvalue weighted by atomic mass is 10.1. The largest absolute Gasteiger partial charge is 0.465 e. The van der Waals surface area contributed by atoms with E-state index >= 15 is 0 Å². The third-order valence-electron chi connectivity index (χ3n) is 4.41. The van der Waals surface area contributed by atoms with Crippen LogP contribution in [0.15, 0.2) is 47.5 Å². The highest BCUT2D eigenvalue weighted by Crippen LogP contribution is 2.23. The second-order valence-corrected chi connectivity index (χ2v) is 7.82. The van der Waals surface area contributed by atoms with Gasteiger partial charge in [-0.1, -0.05) is 29.5 Å². The number of rotatable bonds is 6. The van der Waals surface area contributed by atoms with E-state index in [0.717, 1.165) is 21.3 Å². The first kappa shape index (κ1) is 22.1. The van der Waals surface area contributed by atoms with Crippen LogP contribution in [0, 0.1) is 24.0 Å². The van der Waals surface area contributed by atoms with Crippen molar-refractivity contribution in [3.05, 3.63) is 74.1 Å². The maximum atomic E-state index is 12.5. The van der Waals surface area contributed by atoms with E-state index in [2.05, 4.69) is 4.99 Å². The lowest BCUT2D eigenvalue weighted by Gasteiger charge is -2.06. The summed E-state index contributed by atoms with van der Waals surface area (Å²) in [7, 11) is 0. The second kappa shape index (κ2) is 9.48. The molecule has 0 aliphatic carbocycles. The minimum Gasteiger partial charge on any atom is -0.465 e. The Kier molecular flexibility index (Phi) is 6.76. The number of amides is 1. The van der Waals surface area contributed by atoms with E-state index in [4.69, 9.17) is 4.74 Å². The molecular formula is C22H21N3O5S. The van der Waals surface area contributed by atoms with Crippen molar-refractivity contribution in [2.24, 2.45) is 4.99 Å². The van der Waals surface area contributed by atoms with Gasteiger partial charge >= 0.3 is 5.97 Å². The van der Waals surface area contributed by atoms with Crippen LogP contribution in [0.25, 0.3) is 16.3 Å². The number of carbonyl (C=O) groups excluding carboxylic acids is 2. The monoisotopic (exact) mass is 439 g/mol. The molecule has 0 spiro atoms. The number of fused-ring (bicyclic) bond motifs is 1. The summed E-state index contributed by atoms with van der Waals surface area (Å²) in [6.45, 7) is 5.86. The molecule has 0 fully saturated rings. The topological polar surface area (TPSA) is 104 Å². The fourth-order valence-electron chi connectivity index (χ4n) is 3.13. The van der Waals surface area contributed by atoms with Crippen molar-refractivity contribution in [3.63, 3.8) is 0 Å². The van der Waals surface area contributed by atoms with Crippen LogP contribution in [-0.4, -0.2) is 28.0 Å². The smallest absolute Gasteiger partial charge is 0.326 e. The summed E-state index contributed by atoms with van der Waals surface area (Å²) >= 11 is 1.32. The van der Waals surface area contributed by atoms with Crippen molar-refractivity contribution < 1.29 is 19.2 Å². The van der Waals surface area contributed by atoms with Crippen molar-refractivity contribution in [1.82, 2.24) is 4.57 Å². The molecule has 1 amide bonds. The molecule has 0 radical (unpaired) electrons. The zero-order chi connectivity index (χ0) is 22.5. The van der Waals surface area contributed by atoms with Gasteiger partial charge in [-0.05, 0) is 49.6 Å². The number of non-ortho nitro benzene ring substituents is 1. The van der Waals surface area contributed by atoms with Crippen molar-refractivity contribution >= 4 is 45.2 Å². The molecule has 1 aromatic heterocycles. The van der Waals surface area contributed by atoms with Crippen molar-refractivity contribution in [1.29, 1.82) is 0 Å². The summed E-state index contributed by atoms with van der Waals surface area (Å²) in [5.74, 6) is -0.951. The van der Waals surface area contributed by atoms with Gasteiger partial charge in [0.15, 0.2) is 4.80 Å². The van der Waals surface area contributed by atoms with Gasteiger partial charge in [-0.2, -0.15) is 4.99 Å². The van der Waals surface area contributed by atoms with E-state index in [1.165, 1.54) is 35.6 Å². The molecule has 8 nitrogen and oxygen atoms in total. The van der Waals surface area contributed by atoms with Crippen molar-refractivity contribution in [2.45, 2.75) is 27.3 Å². The second-order valence-electron chi connectivity index (χ2n) is 6.84. The van der Waals surface area contributed by atoms with E-state index < -0.39 is 16.8 Å². The number of thiazole rings is 1. The standard InChI is InChI=1S/C22H21N3O5S/c1-4-30-20(27)13-24-18-11-14(2)10-15(3)21(18)31-22(24)23-19(26)9-8-16-6-5-7-17(12-16)25(28)29/h5-12H,4,13H2,1-3H3/b9-8+,23-22?. The summed E-state index contributed by atoms with van der Waals surface area (Å²) in [5, 5.41) is 10.9. The maximum absolute atomic E-state index is 12.5. The van der Waals surface area contributed by atoms with Crippen molar-refractivity contribution in [3.8, 4) is 0 Å². The molecule has 0 aliphatic heterocycles. The van der Waals surface area contributed by atoms with Gasteiger partial charge in [0, 0.05) is 18.2 Å². The van der Waals surface area contributed by atoms with Crippen LogP contribution in [0.5, 0.6) is 0 Å². The fourth-order valence-corrected chi connectivity index (χ4v) is 4.21. The van der Waals surface area contributed by atoms with Crippen LogP contribution in [0.4, 0.5) is 5.69 Å². The minimum atomic E-state index is -0.537. The van der Waals surface area contributed by atoms with E-state index in [1.807, 2.05) is 26.0 Å². The van der Waals surface area contributed by atoms with Gasteiger partial charge < -0.3 is 9.30 Å². The SMILES string of the molecule is CCOC(=O)Cn1c(=NC(=O)/C=C/c2cccc([N+](=O)[O-])c2)sc2c(C)cc(C)cc21. The van der Waals surface area contributed by atoms with Gasteiger partial charge in [0.2, 0.25) is 0 Å². The average Bonchev–Trinajstić information content (AvgIpc) is 3.04. The highest BCUT2D eigenvalue weighted by Gasteiger charge is 2.14. The van der Waals surface area contributed by atoms with Crippen LogP contribution < -0.4 is 4.80 Å². The molecule has 0 atom stereocenters. The van der Waals surface area contributed by atoms with E-state index in [9.17, 15) is 19.7 Å². The Hall–Kier alpha value is -3.59. The lowest BCUT2D eigenvalue weighted by molar-refractivity contribution is -0.384. The van der Waals surface area contributed by atoms with Gasteiger partial charge in [-0.3, -0.25) is 19.7 Å². The average molecular weight is 439 g/mol. The van der Waals surface area contributed by atoms with Crippen LogP contribution >= 0.6 is 11.3 Å². The van der Waals surface area contributed by atoms with Gasteiger partial charge in [-0.15, -0.1) is 0 Å². The molecule has 160 valence electrons. The molecule has 0 aliphatic rings. The first-order chi connectivity index (χ1) is 14.8. The maximum Gasteiger partial charge on any atom is 0.326 e. The van der Waals surface area contributed by atoms with Crippen LogP contribution in [0.3, 0.4) is 0 Å². The lowest BCUT2D eigenvalue weighted by Crippen LogP contribution is -2.22. The predicted molar refractivity (Wildman–Crippen MR) is 119 cm³/mol. The third kappa shape index (κ3) is 5.32. The van der Waals surface area contributed by atoms with Crippen LogP contribution in [-0.2, 0) is 20.9 Å². The molecule has 0 saturated heterocycles. The highest BCUT2D eigenvalue weighted by molar-refractivity contribution is 7.16. The van der Waals surface area contributed by atoms with Gasteiger partial charge in [0.05, 0.1) is 21.7 Å². The predicted octanol–water partition coefficient (Wildman–Crippen LogP) is 3.93. The molecule has 3 aromatic rings. The molecule has 3 rings (SSSR count). The molecule has 2 aromatic carbocycles. The van der Waals surface area contributed by atoms with Gasteiger partial charge in [-0.25, -0.2) is 0 Å². The molecule has 31 heavy (non-hydrogen) atoms. The summed E-state index contributed by atoms with van der Waals surface area (Å²) in [4.78, 5) is 39.6. The number of nitro benzene ring substituents is 1. The number of hydrogen-bond acceptors (Lipinski definition) is 6. The molecule has 0 saturated carbocycles. The Morgan fingerprint density at radius 3 is 2.74 bits per heavy atom. The van der Waals surface area contributed by atoms with Gasteiger partial charge in [0.1, 0.15) is 6.54 Å². The molecule has 0 unspecified atom stereocenters. The number of aryl methyl sites for hydroxylation is 2.